The molecular weight excluding hydrogens is 356 g/mol. The highest BCUT2D eigenvalue weighted by atomic mass is 32.1. The minimum Gasteiger partial charge on any atom is -0.393 e. The molecule has 0 amide bonds. The monoisotopic (exact) mass is 378 g/mol. The summed E-state index contributed by atoms with van der Waals surface area (Å²) in [5, 5.41) is 13.2. The molecule has 138 valence electrons. The van der Waals surface area contributed by atoms with Gasteiger partial charge in [0.2, 0.25) is 5.95 Å². The molecule has 27 heavy (non-hydrogen) atoms. The molecule has 2 N–H and O–H groups in total. The Kier molecular flexibility index (Phi) is 5.27. The third-order valence-corrected chi connectivity index (χ3v) is 4.97. The van der Waals surface area contributed by atoms with E-state index in [1.807, 2.05) is 60.7 Å². The minimum absolute atomic E-state index is 0.226. The van der Waals surface area contributed by atoms with Crippen molar-refractivity contribution in [2.75, 3.05) is 23.3 Å². The molecule has 0 aliphatic carbocycles. The standard InChI is InChI=1S/C21H22N4OS/c26-17-10-12-25(13-11-17)21-23-19(15-4-2-1-3-5-15)14-20(24-21)22-16-6-8-18(27)9-7-16/h1-9,14,17,26-27H,10-13H2,(H,22,23,24). The first-order valence-corrected chi connectivity index (χ1v) is 9.56. The van der Waals surface area contributed by atoms with Gasteiger partial charge in [-0.3, -0.25) is 0 Å². The van der Waals surface area contributed by atoms with Crippen LogP contribution in [0.2, 0.25) is 0 Å². The van der Waals surface area contributed by atoms with Gasteiger partial charge in [-0.2, -0.15) is 4.98 Å². The van der Waals surface area contributed by atoms with Crippen LogP contribution in [0.5, 0.6) is 0 Å². The van der Waals surface area contributed by atoms with E-state index in [0.717, 1.165) is 53.6 Å². The first-order chi connectivity index (χ1) is 13.2. The van der Waals surface area contributed by atoms with E-state index in [9.17, 15) is 5.11 Å². The van der Waals surface area contributed by atoms with E-state index >= 15 is 0 Å². The molecule has 0 radical (unpaired) electrons. The maximum absolute atomic E-state index is 9.79. The highest BCUT2D eigenvalue weighted by Gasteiger charge is 2.20. The van der Waals surface area contributed by atoms with Gasteiger partial charge in [-0.25, -0.2) is 4.98 Å². The fraction of sp³-hybridized carbons (Fsp3) is 0.238. The number of rotatable bonds is 4. The van der Waals surface area contributed by atoms with Gasteiger partial charge in [0.05, 0.1) is 11.8 Å². The third kappa shape index (κ3) is 4.40. The maximum Gasteiger partial charge on any atom is 0.227 e. The number of hydrogen-bond acceptors (Lipinski definition) is 6. The Hall–Kier alpha value is -2.57. The van der Waals surface area contributed by atoms with Gasteiger partial charge in [0, 0.05) is 35.3 Å². The smallest absolute Gasteiger partial charge is 0.227 e. The van der Waals surface area contributed by atoms with Crippen LogP contribution in [0.1, 0.15) is 12.8 Å². The number of benzene rings is 2. The number of piperidine rings is 1. The fourth-order valence-corrected chi connectivity index (χ4v) is 3.30. The maximum atomic E-state index is 9.79. The van der Waals surface area contributed by atoms with Crippen LogP contribution in [-0.2, 0) is 0 Å². The van der Waals surface area contributed by atoms with Gasteiger partial charge in [0.1, 0.15) is 5.82 Å². The lowest BCUT2D eigenvalue weighted by molar-refractivity contribution is 0.145. The molecule has 0 saturated carbocycles. The second kappa shape index (κ2) is 7.98. The molecule has 0 spiro atoms. The van der Waals surface area contributed by atoms with Crippen LogP contribution >= 0.6 is 12.6 Å². The van der Waals surface area contributed by atoms with Gasteiger partial charge in [-0.15, -0.1) is 12.6 Å². The van der Waals surface area contributed by atoms with E-state index in [-0.39, 0.29) is 6.10 Å². The Bertz CT molecular complexity index is 894. The average molecular weight is 379 g/mol. The van der Waals surface area contributed by atoms with Crippen LogP contribution in [0.3, 0.4) is 0 Å². The van der Waals surface area contributed by atoms with Crippen molar-refractivity contribution in [3.05, 3.63) is 60.7 Å². The first-order valence-electron chi connectivity index (χ1n) is 9.11. The molecule has 3 aromatic rings. The molecule has 1 aliphatic rings. The van der Waals surface area contributed by atoms with Crippen LogP contribution in [0.4, 0.5) is 17.5 Å². The predicted octanol–water partition coefficient (Wildman–Crippen LogP) is 4.14. The van der Waals surface area contributed by atoms with Gasteiger partial charge in [-0.05, 0) is 37.1 Å². The van der Waals surface area contributed by atoms with Crippen molar-refractivity contribution in [3.63, 3.8) is 0 Å². The van der Waals surface area contributed by atoms with E-state index in [0.29, 0.717) is 5.95 Å². The Morgan fingerprint density at radius 3 is 2.37 bits per heavy atom. The largest absolute Gasteiger partial charge is 0.393 e. The number of aliphatic hydroxyl groups is 1. The topological polar surface area (TPSA) is 61.3 Å². The van der Waals surface area contributed by atoms with Gasteiger partial charge < -0.3 is 15.3 Å². The summed E-state index contributed by atoms with van der Waals surface area (Å²) >= 11 is 4.33. The third-order valence-electron chi connectivity index (χ3n) is 4.67. The number of aliphatic hydroxyl groups excluding tert-OH is 1. The lowest BCUT2D eigenvalue weighted by Gasteiger charge is -2.30. The summed E-state index contributed by atoms with van der Waals surface area (Å²) in [7, 11) is 0. The number of anilines is 3. The Labute approximate surface area is 164 Å². The zero-order valence-electron chi connectivity index (χ0n) is 14.9. The molecule has 4 rings (SSSR count). The number of aromatic nitrogens is 2. The van der Waals surface area contributed by atoms with Crippen molar-refractivity contribution in [2.24, 2.45) is 0 Å². The highest BCUT2D eigenvalue weighted by Crippen LogP contribution is 2.26. The summed E-state index contributed by atoms with van der Waals surface area (Å²) in [5.74, 6) is 1.44. The Morgan fingerprint density at radius 1 is 0.963 bits per heavy atom. The number of thiol groups is 1. The molecule has 2 aromatic carbocycles. The Balaban J connectivity index is 1.69. The molecule has 0 bridgehead atoms. The van der Waals surface area contributed by atoms with E-state index in [1.54, 1.807) is 0 Å². The summed E-state index contributed by atoms with van der Waals surface area (Å²) < 4.78 is 0. The summed E-state index contributed by atoms with van der Waals surface area (Å²) in [6, 6.07) is 19.9. The number of nitrogens with one attached hydrogen (secondary N) is 1. The number of hydrogen-bond donors (Lipinski definition) is 3. The minimum atomic E-state index is -0.226. The molecule has 0 unspecified atom stereocenters. The summed E-state index contributed by atoms with van der Waals surface area (Å²) in [6.07, 6.45) is 1.26. The zero-order chi connectivity index (χ0) is 18.6. The normalized spacial score (nSPS) is 15.0. The molecule has 0 atom stereocenters. The van der Waals surface area contributed by atoms with E-state index in [2.05, 4.69) is 22.8 Å². The van der Waals surface area contributed by atoms with E-state index in [4.69, 9.17) is 9.97 Å². The predicted molar refractivity (Wildman–Crippen MR) is 112 cm³/mol. The van der Waals surface area contributed by atoms with Crippen molar-refractivity contribution < 1.29 is 5.11 Å². The lowest BCUT2D eigenvalue weighted by atomic mass is 10.1. The zero-order valence-corrected chi connectivity index (χ0v) is 15.8. The fourth-order valence-electron chi connectivity index (χ4n) is 3.16. The highest BCUT2D eigenvalue weighted by molar-refractivity contribution is 7.80. The molecule has 2 heterocycles. The van der Waals surface area contributed by atoms with E-state index < -0.39 is 0 Å². The molecule has 1 aliphatic heterocycles. The van der Waals surface area contributed by atoms with Crippen LogP contribution in [0.25, 0.3) is 11.3 Å². The van der Waals surface area contributed by atoms with Crippen molar-refractivity contribution in [1.82, 2.24) is 9.97 Å². The first kappa shape index (κ1) is 17.8. The Morgan fingerprint density at radius 2 is 1.67 bits per heavy atom. The SMILES string of the molecule is OC1CCN(c2nc(Nc3ccc(S)cc3)cc(-c3ccccc3)n2)CC1. The average Bonchev–Trinajstić information content (AvgIpc) is 2.71. The molecule has 6 heteroatoms. The van der Waals surface area contributed by atoms with Crippen LogP contribution < -0.4 is 10.2 Å². The van der Waals surface area contributed by atoms with Gasteiger partial charge >= 0.3 is 0 Å². The van der Waals surface area contributed by atoms with Crippen molar-refractivity contribution in [3.8, 4) is 11.3 Å². The second-order valence-corrected chi connectivity index (χ2v) is 7.21. The molecule has 1 saturated heterocycles. The second-order valence-electron chi connectivity index (χ2n) is 6.69. The summed E-state index contributed by atoms with van der Waals surface area (Å²) in [4.78, 5) is 12.6. The summed E-state index contributed by atoms with van der Waals surface area (Å²) in [6.45, 7) is 1.51. The quantitative estimate of drug-likeness (QED) is 0.596. The number of nitrogens with zero attached hydrogens (tertiary/aromatic N) is 3. The molecule has 1 fully saturated rings. The van der Waals surface area contributed by atoms with Crippen LogP contribution in [0.15, 0.2) is 65.6 Å². The summed E-state index contributed by atoms with van der Waals surface area (Å²) in [5.41, 5.74) is 2.87. The van der Waals surface area contributed by atoms with Gasteiger partial charge in [0.15, 0.2) is 0 Å². The van der Waals surface area contributed by atoms with Crippen molar-refractivity contribution in [1.29, 1.82) is 0 Å². The van der Waals surface area contributed by atoms with Crippen LogP contribution in [-0.4, -0.2) is 34.3 Å². The lowest BCUT2D eigenvalue weighted by Crippen LogP contribution is -2.37. The van der Waals surface area contributed by atoms with Crippen molar-refractivity contribution in [2.45, 2.75) is 23.8 Å². The van der Waals surface area contributed by atoms with Gasteiger partial charge in [0.25, 0.3) is 0 Å². The van der Waals surface area contributed by atoms with Crippen LogP contribution in [0, 0.1) is 0 Å². The van der Waals surface area contributed by atoms with Gasteiger partial charge in [-0.1, -0.05) is 30.3 Å². The van der Waals surface area contributed by atoms with E-state index in [1.165, 1.54) is 0 Å². The van der Waals surface area contributed by atoms with Crippen molar-refractivity contribution >= 4 is 30.1 Å². The molecule has 5 nitrogen and oxygen atoms in total. The molecular formula is C21H22N4OS. The molecule has 1 aromatic heterocycles.